The zero-order chi connectivity index (χ0) is 38.1. The summed E-state index contributed by atoms with van der Waals surface area (Å²) in [5.41, 5.74) is 10.5. The van der Waals surface area contributed by atoms with Crippen LogP contribution in [0.2, 0.25) is 0 Å². The number of nitrogens with zero attached hydrogens (tertiary/aromatic N) is 2. The number of aliphatic imine (C=N–C) groups is 2. The Morgan fingerprint density at radius 1 is 0.579 bits per heavy atom. The number of amidine groups is 2. The van der Waals surface area contributed by atoms with Gasteiger partial charge < -0.3 is 9.73 Å². The highest BCUT2D eigenvalue weighted by Gasteiger charge is 2.19. The van der Waals surface area contributed by atoms with Gasteiger partial charge in [-0.15, -0.1) is 11.3 Å². The topological polar surface area (TPSA) is 73.7 Å². The highest BCUT2D eigenvalue weighted by Crippen LogP contribution is 2.42. The fraction of sp³-hybridized carbons (Fsp3) is 0. The van der Waals surface area contributed by atoms with Crippen LogP contribution in [0.5, 0.6) is 0 Å². The number of para-hydroxylation sites is 2. The molecule has 0 bridgehead atoms. The summed E-state index contributed by atoms with van der Waals surface area (Å²) in [6.07, 6.45) is 1.79. The fourth-order valence-electron chi connectivity index (χ4n) is 7.50. The second kappa shape index (κ2) is 14.7. The molecule has 6 heteroatoms. The van der Waals surface area contributed by atoms with E-state index in [2.05, 4.69) is 108 Å². The number of benzene rings is 8. The molecule has 0 amide bonds. The summed E-state index contributed by atoms with van der Waals surface area (Å²) in [5, 5.41) is 17.0. The van der Waals surface area contributed by atoms with E-state index in [9.17, 15) is 0 Å². The average molecular weight is 751 g/mol. The van der Waals surface area contributed by atoms with E-state index < -0.39 is 0 Å². The normalized spacial score (nSPS) is 12.0. The summed E-state index contributed by atoms with van der Waals surface area (Å²) in [6.45, 7) is 0. The second-order valence-electron chi connectivity index (χ2n) is 13.8. The Morgan fingerprint density at radius 2 is 1.26 bits per heavy atom. The number of thiophene rings is 1. The molecule has 57 heavy (non-hydrogen) atoms. The molecule has 2 N–H and O–H groups in total. The molecule has 0 unspecified atom stereocenters. The average Bonchev–Trinajstić information content (AvgIpc) is 3.84. The van der Waals surface area contributed by atoms with Gasteiger partial charge in [0.15, 0.2) is 11.7 Å². The summed E-state index contributed by atoms with van der Waals surface area (Å²) in [5.74, 6) is 0.528. The molecule has 0 fully saturated rings. The molecule has 0 radical (unpaired) electrons. The van der Waals surface area contributed by atoms with E-state index in [1.165, 1.54) is 25.7 Å². The maximum Gasteiger partial charge on any atom is 0.165 e. The summed E-state index contributed by atoms with van der Waals surface area (Å²) in [6, 6.07) is 64.1. The van der Waals surface area contributed by atoms with Gasteiger partial charge in [-0.1, -0.05) is 140 Å². The molecule has 0 aliphatic rings. The van der Waals surface area contributed by atoms with Crippen LogP contribution in [-0.2, 0) is 0 Å². The first-order chi connectivity index (χ1) is 28.2. The Balaban J connectivity index is 1.07. The van der Waals surface area contributed by atoms with E-state index in [-0.39, 0.29) is 5.84 Å². The van der Waals surface area contributed by atoms with Crippen molar-refractivity contribution in [1.29, 1.82) is 5.41 Å². The predicted molar refractivity (Wildman–Crippen MR) is 241 cm³/mol. The van der Waals surface area contributed by atoms with E-state index in [0.717, 1.165) is 55.5 Å². The van der Waals surface area contributed by atoms with Gasteiger partial charge >= 0.3 is 0 Å². The van der Waals surface area contributed by atoms with E-state index >= 15 is 0 Å². The highest BCUT2D eigenvalue weighted by molar-refractivity contribution is 7.25. The van der Waals surface area contributed by atoms with Crippen molar-refractivity contribution in [1.82, 2.24) is 0 Å². The Morgan fingerprint density at radius 3 is 2.09 bits per heavy atom. The lowest BCUT2D eigenvalue weighted by Crippen LogP contribution is -2.05. The van der Waals surface area contributed by atoms with Crippen molar-refractivity contribution in [2.75, 3.05) is 5.32 Å². The van der Waals surface area contributed by atoms with Crippen LogP contribution < -0.4 is 5.32 Å². The molecule has 5 nitrogen and oxygen atoms in total. The van der Waals surface area contributed by atoms with Crippen molar-refractivity contribution >= 4 is 82.7 Å². The lowest BCUT2D eigenvalue weighted by molar-refractivity contribution is 0.668. The van der Waals surface area contributed by atoms with Crippen LogP contribution in [0.15, 0.2) is 202 Å². The Labute approximate surface area is 333 Å². The molecule has 2 heterocycles. The molecule has 0 saturated carbocycles. The monoisotopic (exact) mass is 750 g/mol. The smallest absolute Gasteiger partial charge is 0.165 e. The predicted octanol–water partition coefficient (Wildman–Crippen LogP) is 13.9. The Hall–Kier alpha value is -7.41. The SMILES string of the molecule is N=C(N=C(N=Cc1ccccc1)c1cccc2c1oc1cccc(-c3ccc4sc5ccc(Nc6ccccc6-c6ccccc6)cc5c4c3)c12)c1ccccc1. The van der Waals surface area contributed by atoms with Gasteiger partial charge in [0, 0.05) is 59.7 Å². The minimum Gasteiger partial charge on any atom is -0.455 e. The van der Waals surface area contributed by atoms with Gasteiger partial charge in [0.2, 0.25) is 0 Å². The minimum absolute atomic E-state index is 0.125. The maximum absolute atomic E-state index is 8.88. The molecular weight excluding hydrogens is 717 g/mol. The van der Waals surface area contributed by atoms with Gasteiger partial charge in [-0.3, -0.25) is 5.41 Å². The molecule has 8 aromatic carbocycles. The number of hydrogen-bond donors (Lipinski definition) is 2. The van der Waals surface area contributed by atoms with Gasteiger partial charge in [-0.2, -0.15) is 0 Å². The zero-order valence-electron chi connectivity index (χ0n) is 30.7. The number of anilines is 2. The molecule has 0 spiro atoms. The lowest BCUT2D eigenvalue weighted by Gasteiger charge is -2.12. The van der Waals surface area contributed by atoms with Crippen molar-refractivity contribution in [3.05, 3.63) is 205 Å². The van der Waals surface area contributed by atoms with Crippen LogP contribution in [0.25, 0.3) is 64.4 Å². The first-order valence-corrected chi connectivity index (χ1v) is 19.6. The van der Waals surface area contributed by atoms with Gasteiger partial charge in [-0.25, -0.2) is 9.98 Å². The summed E-state index contributed by atoms with van der Waals surface area (Å²) >= 11 is 1.81. The van der Waals surface area contributed by atoms with Gasteiger partial charge in [0.25, 0.3) is 0 Å². The van der Waals surface area contributed by atoms with Crippen LogP contribution in [0.1, 0.15) is 16.7 Å². The summed E-state index contributed by atoms with van der Waals surface area (Å²) in [7, 11) is 0. The van der Waals surface area contributed by atoms with E-state index in [0.29, 0.717) is 17.0 Å². The third kappa shape index (κ3) is 6.58. The molecule has 0 aliphatic heterocycles. The number of furan rings is 1. The number of nitrogens with one attached hydrogen (secondary N) is 2. The summed E-state index contributed by atoms with van der Waals surface area (Å²) in [4.78, 5) is 9.64. The van der Waals surface area contributed by atoms with Gasteiger partial charge in [0.1, 0.15) is 11.2 Å². The maximum atomic E-state index is 8.88. The largest absolute Gasteiger partial charge is 0.455 e. The van der Waals surface area contributed by atoms with Gasteiger partial charge in [0.05, 0.1) is 5.56 Å². The van der Waals surface area contributed by atoms with Crippen LogP contribution in [-0.4, -0.2) is 17.9 Å². The minimum atomic E-state index is 0.125. The Bertz CT molecular complexity index is 3160. The Kier molecular flexibility index (Phi) is 8.78. The first-order valence-electron chi connectivity index (χ1n) is 18.8. The standard InChI is InChI=1S/C51H34N4OS/c52-50(35-18-8-3-9-19-35)55-51(53-32-33-14-4-1-5-15-33)41-23-12-22-40-48-39(21-13-25-45(48)56-49(40)41)36-26-28-46-42(30-36)43-31-37(27-29-47(43)57-46)54-44-24-11-10-20-38(44)34-16-6-2-7-17-34/h1-32,52,54H. The zero-order valence-corrected chi connectivity index (χ0v) is 31.5. The number of hydrogen-bond acceptors (Lipinski definition) is 4. The molecule has 10 aromatic rings. The quantitative estimate of drug-likeness (QED) is 0.126. The molecule has 2 aromatic heterocycles. The van der Waals surface area contributed by atoms with Crippen LogP contribution >= 0.6 is 11.3 Å². The third-order valence-electron chi connectivity index (χ3n) is 10.2. The molecule has 0 saturated heterocycles. The highest BCUT2D eigenvalue weighted by atomic mass is 32.1. The molecule has 0 atom stereocenters. The van der Waals surface area contributed by atoms with Crippen LogP contribution in [0.3, 0.4) is 0 Å². The number of fused-ring (bicyclic) bond motifs is 6. The fourth-order valence-corrected chi connectivity index (χ4v) is 8.57. The molecule has 10 rings (SSSR count). The van der Waals surface area contributed by atoms with Crippen molar-refractivity contribution in [2.24, 2.45) is 9.98 Å². The first kappa shape index (κ1) is 34.1. The van der Waals surface area contributed by atoms with Crippen molar-refractivity contribution in [3.8, 4) is 22.3 Å². The van der Waals surface area contributed by atoms with Crippen molar-refractivity contribution in [2.45, 2.75) is 0 Å². The summed E-state index contributed by atoms with van der Waals surface area (Å²) < 4.78 is 9.17. The van der Waals surface area contributed by atoms with Crippen molar-refractivity contribution in [3.63, 3.8) is 0 Å². The van der Waals surface area contributed by atoms with Crippen LogP contribution in [0.4, 0.5) is 11.4 Å². The lowest BCUT2D eigenvalue weighted by atomic mass is 9.97. The van der Waals surface area contributed by atoms with Crippen LogP contribution in [0, 0.1) is 5.41 Å². The van der Waals surface area contributed by atoms with E-state index in [1.54, 1.807) is 6.21 Å². The van der Waals surface area contributed by atoms with Crippen molar-refractivity contribution < 1.29 is 4.42 Å². The molecule has 0 aliphatic carbocycles. The molecule has 270 valence electrons. The van der Waals surface area contributed by atoms with Gasteiger partial charge in [-0.05, 0) is 70.8 Å². The molecular formula is C51H34N4OS. The number of rotatable bonds is 7. The van der Waals surface area contributed by atoms with E-state index in [4.69, 9.17) is 19.8 Å². The third-order valence-corrected chi connectivity index (χ3v) is 11.4. The van der Waals surface area contributed by atoms with E-state index in [1.807, 2.05) is 96.3 Å². The second-order valence-corrected chi connectivity index (χ2v) is 14.9.